The molecule has 0 unspecified atom stereocenters. The van der Waals surface area contributed by atoms with Gasteiger partial charge in [-0.1, -0.05) is 190 Å². The second-order valence-electron chi connectivity index (χ2n) is 14.9. The zero-order valence-corrected chi connectivity index (χ0v) is 30.5. The monoisotopic (exact) mass is 689 g/mol. The van der Waals surface area contributed by atoms with Crippen LogP contribution in [0.2, 0.25) is 0 Å². The van der Waals surface area contributed by atoms with Gasteiger partial charge in [0.05, 0.1) is 11.4 Å². The summed E-state index contributed by atoms with van der Waals surface area (Å²) in [6.45, 7) is 4.73. The van der Waals surface area contributed by atoms with Gasteiger partial charge in [-0.3, -0.25) is 0 Å². The normalized spacial score (nSPS) is 12.8. The van der Waals surface area contributed by atoms with Gasteiger partial charge in [0.2, 0.25) is 0 Å². The van der Waals surface area contributed by atoms with E-state index in [-0.39, 0.29) is 5.41 Å². The SMILES string of the molecule is CC1(C)c2ccccc2-c2cccc(-c3ccc(N(c4cc(-c5cccc6ccccc56)ccc4-c4ccccc4)c4cccc5ccccc45)cc3)c21. The van der Waals surface area contributed by atoms with Crippen LogP contribution in [0.1, 0.15) is 25.0 Å². The summed E-state index contributed by atoms with van der Waals surface area (Å²) in [6.07, 6.45) is 0. The highest BCUT2D eigenvalue weighted by Crippen LogP contribution is 2.52. The second-order valence-corrected chi connectivity index (χ2v) is 14.9. The van der Waals surface area contributed by atoms with Crippen LogP contribution in [-0.2, 0) is 5.41 Å². The van der Waals surface area contributed by atoms with Gasteiger partial charge >= 0.3 is 0 Å². The summed E-state index contributed by atoms with van der Waals surface area (Å²) in [6, 6.07) is 73.4. The Kier molecular flexibility index (Phi) is 7.56. The minimum absolute atomic E-state index is 0.0944. The van der Waals surface area contributed by atoms with Crippen molar-refractivity contribution < 1.29 is 0 Å². The van der Waals surface area contributed by atoms with E-state index in [0.717, 1.165) is 17.1 Å². The maximum Gasteiger partial charge on any atom is 0.0546 e. The molecule has 9 aromatic carbocycles. The van der Waals surface area contributed by atoms with Crippen LogP contribution >= 0.6 is 0 Å². The highest BCUT2D eigenvalue weighted by molar-refractivity contribution is 6.03. The molecule has 1 nitrogen and oxygen atoms in total. The number of fused-ring (bicyclic) bond motifs is 5. The standard InChI is InChI=1S/C53H39N/c1-53(2)49-27-11-10-23-47(49)48-26-14-25-46(52(48)53)39-29-32-41(33-30-39)54(50-28-13-20-38-18-7-9-22-44(38)50)51-35-40(31-34-45(51)37-15-4-3-5-16-37)43-24-12-19-36-17-6-8-21-42(36)43/h3-35H,1-2H3. The Bertz CT molecular complexity index is 2830. The van der Waals surface area contributed by atoms with E-state index in [0.29, 0.717) is 0 Å². The van der Waals surface area contributed by atoms with Gasteiger partial charge in [-0.25, -0.2) is 0 Å². The van der Waals surface area contributed by atoms with E-state index >= 15 is 0 Å². The van der Waals surface area contributed by atoms with Gasteiger partial charge in [0.25, 0.3) is 0 Å². The van der Waals surface area contributed by atoms with Crippen molar-refractivity contribution in [3.63, 3.8) is 0 Å². The Labute approximate surface area is 317 Å². The van der Waals surface area contributed by atoms with Gasteiger partial charge in [-0.05, 0) is 90.5 Å². The molecule has 0 radical (unpaired) electrons. The van der Waals surface area contributed by atoms with E-state index in [2.05, 4.69) is 219 Å². The Morgan fingerprint density at radius 2 is 0.907 bits per heavy atom. The van der Waals surface area contributed by atoms with Crippen LogP contribution in [0.15, 0.2) is 200 Å². The fourth-order valence-corrected chi connectivity index (χ4v) is 8.91. The van der Waals surface area contributed by atoms with Crippen molar-refractivity contribution in [1.82, 2.24) is 0 Å². The third-order valence-electron chi connectivity index (χ3n) is 11.4. The van der Waals surface area contributed by atoms with Gasteiger partial charge in [0.1, 0.15) is 0 Å². The van der Waals surface area contributed by atoms with Crippen LogP contribution in [0.3, 0.4) is 0 Å². The number of hydrogen-bond donors (Lipinski definition) is 0. The van der Waals surface area contributed by atoms with Crippen LogP contribution in [0.25, 0.3) is 66.1 Å². The topological polar surface area (TPSA) is 3.24 Å². The van der Waals surface area contributed by atoms with E-state index in [1.54, 1.807) is 0 Å². The van der Waals surface area contributed by atoms with Crippen molar-refractivity contribution in [3.8, 4) is 44.5 Å². The Morgan fingerprint density at radius 1 is 0.352 bits per heavy atom. The van der Waals surface area contributed by atoms with Crippen molar-refractivity contribution in [1.29, 1.82) is 0 Å². The third-order valence-corrected chi connectivity index (χ3v) is 11.4. The molecule has 1 aliphatic carbocycles. The molecule has 1 aliphatic rings. The second kappa shape index (κ2) is 12.8. The van der Waals surface area contributed by atoms with Crippen LogP contribution in [0, 0.1) is 0 Å². The predicted octanol–water partition coefficient (Wildman–Crippen LogP) is 14.8. The van der Waals surface area contributed by atoms with Gasteiger partial charge in [-0.2, -0.15) is 0 Å². The minimum Gasteiger partial charge on any atom is -0.309 e. The van der Waals surface area contributed by atoms with Crippen LogP contribution in [0.4, 0.5) is 17.1 Å². The lowest BCUT2D eigenvalue weighted by molar-refractivity contribution is 0.662. The highest BCUT2D eigenvalue weighted by Gasteiger charge is 2.37. The number of benzene rings is 9. The summed E-state index contributed by atoms with van der Waals surface area (Å²) in [5.41, 5.74) is 16.1. The quantitative estimate of drug-likeness (QED) is 0.168. The first-order valence-electron chi connectivity index (χ1n) is 18.9. The molecule has 0 aromatic heterocycles. The molecule has 0 heterocycles. The molecule has 0 atom stereocenters. The molecule has 0 spiro atoms. The number of rotatable bonds is 6. The predicted molar refractivity (Wildman–Crippen MR) is 230 cm³/mol. The summed E-state index contributed by atoms with van der Waals surface area (Å²) >= 11 is 0. The number of hydrogen-bond acceptors (Lipinski definition) is 1. The molecule has 0 bridgehead atoms. The van der Waals surface area contributed by atoms with E-state index in [1.165, 1.54) is 77.2 Å². The zero-order chi connectivity index (χ0) is 36.2. The Hall–Kier alpha value is -6.70. The number of nitrogens with zero attached hydrogens (tertiary/aromatic N) is 1. The molecule has 1 heteroatoms. The molecule has 256 valence electrons. The summed E-state index contributed by atoms with van der Waals surface area (Å²) in [5, 5.41) is 4.91. The molecule has 54 heavy (non-hydrogen) atoms. The molecule has 0 aliphatic heterocycles. The molecule has 10 rings (SSSR count). The molecule has 0 amide bonds. The zero-order valence-electron chi connectivity index (χ0n) is 30.5. The Balaban J connectivity index is 1.19. The van der Waals surface area contributed by atoms with Gasteiger partial charge in [0, 0.05) is 22.1 Å². The summed E-state index contributed by atoms with van der Waals surface area (Å²) in [4.78, 5) is 2.47. The van der Waals surface area contributed by atoms with E-state index < -0.39 is 0 Å². The fourth-order valence-electron chi connectivity index (χ4n) is 8.91. The van der Waals surface area contributed by atoms with Crippen LogP contribution < -0.4 is 4.90 Å². The summed E-state index contributed by atoms with van der Waals surface area (Å²) in [5.74, 6) is 0. The summed E-state index contributed by atoms with van der Waals surface area (Å²) in [7, 11) is 0. The maximum absolute atomic E-state index is 2.47. The lowest BCUT2D eigenvalue weighted by atomic mass is 9.79. The van der Waals surface area contributed by atoms with E-state index in [9.17, 15) is 0 Å². The van der Waals surface area contributed by atoms with Crippen molar-refractivity contribution in [2.45, 2.75) is 19.3 Å². The van der Waals surface area contributed by atoms with Crippen molar-refractivity contribution in [3.05, 3.63) is 211 Å². The smallest absolute Gasteiger partial charge is 0.0546 e. The average molecular weight is 690 g/mol. The first-order valence-corrected chi connectivity index (χ1v) is 18.9. The largest absolute Gasteiger partial charge is 0.309 e. The Morgan fingerprint density at radius 3 is 1.72 bits per heavy atom. The van der Waals surface area contributed by atoms with E-state index in [4.69, 9.17) is 0 Å². The molecule has 0 fully saturated rings. The lowest BCUT2D eigenvalue weighted by Gasteiger charge is -2.30. The van der Waals surface area contributed by atoms with Gasteiger partial charge in [0.15, 0.2) is 0 Å². The molecule has 0 saturated carbocycles. The molecule has 0 saturated heterocycles. The molecule has 0 N–H and O–H groups in total. The first-order chi connectivity index (χ1) is 26.6. The highest BCUT2D eigenvalue weighted by atomic mass is 15.1. The fraction of sp³-hybridized carbons (Fsp3) is 0.0566. The van der Waals surface area contributed by atoms with Crippen LogP contribution in [0.5, 0.6) is 0 Å². The molecule has 9 aromatic rings. The lowest BCUT2D eigenvalue weighted by Crippen LogP contribution is -2.16. The minimum atomic E-state index is -0.0944. The molecular weight excluding hydrogens is 651 g/mol. The van der Waals surface area contributed by atoms with Gasteiger partial charge in [-0.15, -0.1) is 0 Å². The van der Waals surface area contributed by atoms with E-state index in [1.807, 2.05) is 0 Å². The van der Waals surface area contributed by atoms with Crippen molar-refractivity contribution >= 4 is 38.6 Å². The van der Waals surface area contributed by atoms with Gasteiger partial charge < -0.3 is 4.90 Å². The van der Waals surface area contributed by atoms with Crippen LogP contribution in [-0.4, -0.2) is 0 Å². The summed E-state index contributed by atoms with van der Waals surface area (Å²) < 4.78 is 0. The van der Waals surface area contributed by atoms with Crippen molar-refractivity contribution in [2.24, 2.45) is 0 Å². The maximum atomic E-state index is 2.47. The average Bonchev–Trinajstić information content (AvgIpc) is 3.47. The van der Waals surface area contributed by atoms with Crippen molar-refractivity contribution in [2.75, 3.05) is 4.90 Å². The number of anilines is 3. The molecular formula is C53H39N. The third kappa shape index (κ3) is 5.16. The first kappa shape index (κ1) is 32.0.